The summed E-state index contributed by atoms with van der Waals surface area (Å²) in [6.45, 7) is 0. The average Bonchev–Trinajstić information content (AvgIpc) is 2.61. The Balaban J connectivity index is 2.02. The first-order valence-corrected chi connectivity index (χ1v) is 9.07. The molecule has 7 nitrogen and oxygen atoms in total. The Labute approximate surface area is 153 Å². The van der Waals surface area contributed by atoms with E-state index in [9.17, 15) is 20.2 Å². The van der Waals surface area contributed by atoms with Gasteiger partial charge in [-0.2, -0.15) is 11.8 Å². The third-order valence-corrected chi connectivity index (χ3v) is 4.91. The Kier molecular flexibility index (Phi) is 7.03. The number of hydrogen-bond acceptors (Lipinski definition) is 6. The molecule has 0 saturated heterocycles. The van der Waals surface area contributed by atoms with Crippen LogP contribution in [0.2, 0.25) is 0 Å². The van der Waals surface area contributed by atoms with Gasteiger partial charge in [0.2, 0.25) is 0 Å². The lowest BCUT2D eigenvalue weighted by Crippen LogP contribution is -2.24. The molecule has 1 N–H and O–H groups in total. The molecule has 0 bridgehead atoms. The number of benzene rings is 2. The molecule has 0 aliphatic rings. The van der Waals surface area contributed by atoms with Crippen LogP contribution < -0.4 is 5.32 Å². The second-order valence-corrected chi connectivity index (χ2v) is 6.55. The SMILES string of the molecule is O=[N+]([O-])c1ccc(NC(CCl)CSCc2ccccc2)c([N+](=O)[O-])c1. The molecule has 0 saturated carbocycles. The average molecular weight is 382 g/mol. The third-order valence-electron chi connectivity index (χ3n) is 3.37. The number of anilines is 1. The molecule has 1 atom stereocenters. The minimum atomic E-state index is -0.661. The van der Waals surface area contributed by atoms with Crippen molar-refractivity contribution in [2.45, 2.75) is 11.8 Å². The molecule has 2 aromatic carbocycles. The first-order valence-electron chi connectivity index (χ1n) is 7.38. The van der Waals surface area contributed by atoms with E-state index < -0.39 is 9.85 Å². The molecule has 25 heavy (non-hydrogen) atoms. The van der Waals surface area contributed by atoms with E-state index in [1.807, 2.05) is 30.3 Å². The van der Waals surface area contributed by atoms with Crippen LogP contribution in [-0.4, -0.2) is 27.5 Å². The number of nitrogens with zero attached hydrogens (tertiary/aromatic N) is 2. The second-order valence-electron chi connectivity index (χ2n) is 5.21. The van der Waals surface area contributed by atoms with Crippen LogP contribution in [0.1, 0.15) is 5.56 Å². The Morgan fingerprint density at radius 2 is 1.80 bits per heavy atom. The predicted molar refractivity (Wildman–Crippen MR) is 100 cm³/mol. The fourth-order valence-electron chi connectivity index (χ4n) is 2.14. The molecule has 1 unspecified atom stereocenters. The molecule has 0 spiro atoms. The van der Waals surface area contributed by atoms with Crippen molar-refractivity contribution in [3.05, 3.63) is 74.3 Å². The maximum absolute atomic E-state index is 11.2. The monoisotopic (exact) mass is 381 g/mol. The van der Waals surface area contributed by atoms with Crippen molar-refractivity contribution in [3.63, 3.8) is 0 Å². The van der Waals surface area contributed by atoms with Crippen LogP contribution in [0.15, 0.2) is 48.5 Å². The minimum Gasteiger partial charge on any atom is -0.375 e. The molecule has 0 aliphatic heterocycles. The zero-order valence-corrected chi connectivity index (χ0v) is 14.7. The smallest absolute Gasteiger partial charge is 0.299 e. The lowest BCUT2D eigenvalue weighted by Gasteiger charge is -2.17. The van der Waals surface area contributed by atoms with Crippen molar-refractivity contribution in [1.29, 1.82) is 0 Å². The van der Waals surface area contributed by atoms with Gasteiger partial charge in [-0.05, 0) is 11.6 Å². The summed E-state index contributed by atoms with van der Waals surface area (Å²) in [5.74, 6) is 1.71. The van der Waals surface area contributed by atoms with Crippen LogP contribution in [0, 0.1) is 20.2 Å². The Morgan fingerprint density at radius 3 is 2.40 bits per heavy atom. The van der Waals surface area contributed by atoms with Crippen LogP contribution in [-0.2, 0) is 5.75 Å². The molecule has 9 heteroatoms. The summed E-state index contributed by atoms with van der Waals surface area (Å²) < 4.78 is 0. The van der Waals surface area contributed by atoms with Crippen LogP contribution in [0.5, 0.6) is 0 Å². The molecule has 2 aromatic rings. The Hall–Kier alpha value is -2.32. The van der Waals surface area contributed by atoms with E-state index >= 15 is 0 Å². The highest BCUT2D eigenvalue weighted by atomic mass is 35.5. The van der Waals surface area contributed by atoms with E-state index in [4.69, 9.17) is 11.6 Å². The largest absolute Gasteiger partial charge is 0.375 e. The molecular weight excluding hydrogens is 366 g/mol. The fraction of sp³-hybridized carbons (Fsp3) is 0.250. The molecule has 0 heterocycles. The van der Waals surface area contributed by atoms with E-state index in [-0.39, 0.29) is 29.0 Å². The van der Waals surface area contributed by atoms with Crippen molar-refractivity contribution in [3.8, 4) is 0 Å². The van der Waals surface area contributed by atoms with Gasteiger partial charge in [0.05, 0.1) is 15.9 Å². The molecule has 2 rings (SSSR count). The van der Waals surface area contributed by atoms with E-state index in [0.29, 0.717) is 5.75 Å². The topological polar surface area (TPSA) is 98.3 Å². The van der Waals surface area contributed by atoms with Gasteiger partial charge in [0.1, 0.15) is 5.69 Å². The van der Waals surface area contributed by atoms with Crippen molar-refractivity contribution in [2.24, 2.45) is 0 Å². The summed E-state index contributed by atoms with van der Waals surface area (Å²) >= 11 is 7.61. The summed E-state index contributed by atoms with van der Waals surface area (Å²) in [5.41, 5.74) is 0.749. The van der Waals surface area contributed by atoms with Gasteiger partial charge in [-0.3, -0.25) is 20.2 Å². The zero-order chi connectivity index (χ0) is 18.2. The van der Waals surface area contributed by atoms with E-state index in [1.54, 1.807) is 11.8 Å². The minimum absolute atomic E-state index is 0.199. The second kappa shape index (κ2) is 9.24. The predicted octanol–water partition coefficient (Wildman–Crippen LogP) is 4.46. The summed E-state index contributed by atoms with van der Waals surface area (Å²) in [7, 11) is 0. The van der Waals surface area contributed by atoms with Gasteiger partial charge in [-0.25, -0.2) is 0 Å². The first-order chi connectivity index (χ1) is 12.0. The van der Waals surface area contributed by atoms with Crippen molar-refractivity contribution < 1.29 is 9.85 Å². The van der Waals surface area contributed by atoms with E-state index in [1.165, 1.54) is 17.7 Å². The standard InChI is InChI=1S/C16H16ClN3O4S/c17-9-13(11-25-10-12-4-2-1-3-5-12)18-15-7-6-14(19(21)22)8-16(15)20(23)24/h1-8,13,18H,9-11H2. The normalized spacial score (nSPS) is 11.7. The Morgan fingerprint density at radius 1 is 1.08 bits per heavy atom. The van der Waals surface area contributed by atoms with Gasteiger partial charge in [0.25, 0.3) is 11.4 Å². The molecule has 132 valence electrons. The third kappa shape index (κ3) is 5.61. The van der Waals surface area contributed by atoms with Gasteiger partial charge < -0.3 is 5.32 Å². The summed E-state index contributed by atoms with van der Waals surface area (Å²) in [4.78, 5) is 20.6. The van der Waals surface area contributed by atoms with Gasteiger partial charge in [-0.1, -0.05) is 30.3 Å². The van der Waals surface area contributed by atoms with Gasteiger partial charge in [0.15, 0.2) is 0 Å². The highest BCUT2D eigenvalue weighted by Gasteiger charge is 2.21. The van der Waals surface area contributed by atoms with Gasteiger partial charge in [0, 0.05) is 29.5 Å². The molecule has 0 radical (unpaired) electrons. The van der Waals surface area contributed by atoms with Crippen molar-refractivity contribution in [2.75, 3.05) is 16.9 Å². The lowest BCUT2D eigenvalue weighted by molar-refractivity contribution is -0.393. The maximum atomic E-state index is 11.2. The van der Waals surface area contributed by atoms with E-state index in [2.05, 4.69) is 5.32 Å². The number of halogens is 1. The number of nitrogens with one attached hydrogen (secondary N) is 1. The van der Waals surface area contributed by atoms with Crippen molar-refractivity contribution >= 4 is 40.4 Å². The number of hydrogen-bond donors (Lipinski definition) is 1. The Bertz CT molecular complexity index is 745. The number of nitro groups is 2. The van der Waals surface area contributed by atoms with E-state index in [0.717, 1.165) is 11.8 Å². The number of alkyl halides is 1. The summed E-state index contributed by atoms with van der Waals surface area (Å²) in [6, 6.07) is 13.3. The number of non-ortho nitro benzene ring substituents is 1. The highest BCUT2D eigenvalue weighted by molar-refractivity contribution is 7.98. The van der Waals surface area contributed by atoms with Gasteiger partial charge in [-0.15, -0.1) is 11.6 Å². The number of thioether (sulfide) groups is 1. The molecule has 0 aliphatic carbocycles. The fourth-order valence-corrected chi connectivity index (χ4v) is 3.49. The zero-order valence-electron chi connectivity index (χ0n) is 13.1. The van der Waals surface area contributed by atoms with Crippen LogP contribution >= 0.6 is 23.4 Å². The van der Waals surface area contributed by atoms with Crippen LogP contribution in [0.4, 0.5) is 17.1 Å². The lowest BCUT2D eigenvalue weighted by atomic mass is 10.2. The summed E-state index contributed by atoms with van der Waals surface area (Å²) in [5, 5.41) is 25.0. The van der Waals surface area contributed by atoms with Crippen LogP contribution in [0.25, 0.3) is 0 Å². The number of rotatable bonds is 9. The van der Waals surface area contributed by atoms with Crippen molar-refractivity contribution in [1.82, 2.24) is 0 Å². The molecule has 0 amide bonds. The molecular formula is C16H16ClN3O4S. The molecule has 0 aromatic heterocycles. The van der Waals surface area contributed by atoms with Gasteiger partial charge >= 0.3 is 0 Å². The first kappa shape index (κ1) is 19.0. The summed E-state index contributed by atoms with van der Waals surface area (Å²) in [6.07, 6.45) is 0. The highest BCUT2D eigenvalue weighted by Crippen LogP contribution is 2.30. The van der Waals surface area contributed by atoms with Crippen LogP contribution in [0.3, 0.4) is 0 Å². The quantitative estimate of drug-likeness (QED) is 0.391. The number of nitro benzene ring substituents is 2. The maximum Gasteiger partial charge on any atom is 0.299 e. The molecule has 0 fully saturated rings.